The fourth-order valence-electron chi connectivity index (χ4n) is 3.50. The molecule has 1 amide bonds. The van der Waals surface area contributed by atoms with Crippen molar-refractivity contribution >= 4 is 17.7 Å². The predicted molar refractivity (Wildman–Crippen MR) is 115 cm³/mol. The Morgan fingerprint density at radius 3 is 2.55 bits per heavy atom. The molecule has 0 radical (unpaired) electrons. The fourth-order valence-corrected chi connectivity index (χ4v) is 4.21. The minimum atomic E-state index is -0.115. The molecule has 2 heterocycles. The molecular formula is C23H25N3O2S. The minimum absolute atomic E-state index is 0.115. The van der Waals surface area contributed by atoms with E-state index in [2.05, 4.69) is 46.7 Å². The van der Waals surface area contributed by atoms with Gasteiger partial charge in [0.25, 0.3) is 5.91 Å². The summed E-state index contributed by atoms with van der Waals surface area (Å²) in [6, 6.07) is 16.1. The van der Waals surface area contributed by atoms with Gasteiger partial charge in [-0.3, -0.25) is 4.79 Å². The number of hydrogen-bond donors (Lipinski definition) is 1. The smallest absolute Gasteiger partial charge is 0.287 e. The number of rotatable bonds is 6. The first-order valence-corrected chi connectivity index (χ1v) is 11.1. The number of carbonyl (C=O) groups excluding carboxylic acids is 1. The van der Waals surface area contributed by atoms with Crippen molar-refractivity contribution in [2.24, 2.45) is 0 Å². The summed E-state index contributed by atoms with van der Waals surface area (Å²) in [5.74, 6) is 1.63. The van der Waals surface area contributed by atoms with Crippen molar-refractivity contribution in [2.75, 3.05) is 0 Å². The predicted octanol–water partition coefficient (Wildman–Crippen LogP) is 5.40. The Kier molecular flexibility index (Phi) is 6.30. The van der Waals surface area contributed by atoms with Crippen LogP contribution < -0.4 is 5.32 Å². The molecule has 0 atom stereocenters. The van der Waals surface area contributed by atoms with Crippen molar-refractivity contribution in [3.05, 3.63) is 65.6 Å². The van der Waals surface area contributed by atoms with Gasteiger partial charge in [0, 0.05) is 11.6 Å². The maximum Gasteiger partial charge on any atom is 0.287 e. The Bertz CT molecular complexity index is 945. The Hall–Kier alpha value is -2.60. The largest absolute Gasteiger partial charge is 0.455 e. The van der Waals surface area contributed by atoms with E-state index >= 15 is 0 Å². The highest BCUT2D eigenvalue weighted by Gasteiger charge is 2.18. The number of furan rings is 1. The molecule has 1 aliphatic rings. The molecule has 5 nitrogen and oxygen atoms in total. The van der Waals surface area contributed by atoms with Gasteiger partial charge < -0.3 is 9.73 Å². The first-order valence-electron chi connectivity index (χ1n) is 10.1. The Morgan fingerprint density at radius 1 is 1.03 bits per heavy atom. The third-order valence-corrected chi connectivity index (χ3v) is 6.12. The summed E-state index contributed by atoms with van der Waals surface area (Å²) in [6.45, 7) is 2.06. The molecule has 0 unspecified atom stereocenters. The first-order chi connectivity index (χ1) is 14.2. The molecule has 0 spiro atoms. The Morgan fingerprint density at radius 2 is 1.83 bits per heavy atom. The number of nitrogens with one attached hydrogen (secondary N) is 1. The number of hydrogen-bond acceptors (Lipinski definition) is 5. The van der Waals surface area contributed by atoms with Crippen LogP contribution in [0.2, 0.25) is 0 Å². The summed E-state index contributed by atoms with van der Waals surface area (Å²) in [4.78, 5) is 12.4. The molecule has 1 N–H and O–H groups in total. The van der Waals surface area contributed by atoms with Crippen molar-refractivity contribution in [3.8, 4) is 11.3 Å². The second kappa shape index (κ2) is 9.27. The SMILES string of the molecule is Cc1ccc(-c2ccc(SCc3ccc(C(=O)NC4CCCCC4)o3)nn2)cc1. The summed E-state index contributed by atoms with van der Waals surface area (Å²) < 4.78 is 5.73. The molecule has 29 heavy (non-hydrogen) atoms. The lowest BCUT2D eigenvalue weighted by molar-refractivity contribution is 0.0898. The van der Waals surface area contributed by atoms with E-state index in [-0.39, 0.29) is 11.9 Å². The minimum Gasteiger partial charge on any atom is -0.455 e. The fraction of sp³-hybridized carbons (Fsp3) is 0.348. The molecule has 1 fully saturated rings. The van der Waals surface area contributed by atoms with Gasteiger partial charge in [-0.1, -0.05) is 60.9 Å². The summed E-state index contributed by atoms with van der Waals surface area (Å²) in [5, 5.41) is 12.5. The normalized spacial score (nSPS) is 14.7. The van der Waals surface area contributed by atoms with E-state index in [1.165, 1.54) is 24.8 Å². The van der Waals surface area contributed by atoms with Crippen LogP contribution >= 0.6 is 11.8 Å². The quantitative estimate of drug-likeness (QED) is 0.554. The van der Waals surface area contributed by atoms with Crippen molar-refractivity contribution in [1.82, 2.24) is 15.5 Å². The topological polar surface area (TPSA) is 68.0 Å². The van der Waals surface area contributed by atoms with E-state index in [9.17, 15) is 4.79 Å². The highest BCUT2D eigenvalue weighted by atomic mass is 32.2. The first kappa shape index (κ1) is 19.7. The van der Waals surface area contributed by atoms with Gasteiger partial charge in [0.1, 0.15) is 10.8 Å². The average Bonchev–Trinajstić information content (AvgIpc) is 3.23. The highest BCUT2D eigenvalue weighted by Crippen LogP contribution is 2.24. The van der Waals surface area contributed by atoms with Crippen LogP contribution in [-0.4, -0.2) is 22.1 Å². The number of carbonyl (C=O) groups is 1. The molecule has 1 saturated carbocycles. The standard InChI is InChI=1S/C23H25N3O2S/c1-16-7-9-17(10-8-16)20-12-14-22(26-25-20)29-15-19-11-13-21(28-19)23(27)24-18-5-3-2-4-6-18/h7-14,18H,2-6,15H2,1H3,(H,24,27). The second-order valence-electron chi connectivity index (χ2n) is 7.49. The zero-order valence-electron chi connectivity index (χ0n) is 16.6. The van der Waals surface area contributed by atoms with Crippen LogP contribution in [0.5, 0.6) is 0 Å². The monoisotopic (exact) mass is 407 g/mol. The van der Waals surface area contributed by atoms with E-state index in [1.807, 2.05) is 18.2 Å². The Labute approximate surface area is 175 Å². The number of thioether (sulfide) groups is 1. The van der Waals surface area contributed by atoms with Crippen LogP contribution in [0, 0.1) is 6.92 Å². The van der Waals surface area contributed by atoms with E-state index in [1.54, 1.807) is 17.8 Å². The van der Waals surface area contributed by atoms with Gasteiger partial charge in [0.15, 0.2) is 5.76 Å². The van der Waals surface area contributed by atoms with E-state index < -0.39 is 0 Å². The van der Waals surface area contributed by atoms with Gasteiger partial charge in [-0.25, -0.2) is 0 Å². The highest BCUT2D eigenvalue weighted by molar-refractivity contribution is 7.98. The van der Waals surface area contributed by atoms with Gasteiger partial charge in [-0.05, 0) is 44.0 Å². The van der Waals surface area contributed by atoms with Gasteiger partial charge in [0.2, 0.25) is 0 Å². The van der Waals surface area contributed by atoms with E-state index in [0.717, 1.165) is 34.9 Å². The summed E-state index contributed by atoms with van der Waals surface area (Å²) in [5.41, 5.74) is 3.13. The van der Waals surface area contributed by atoms with Crippen molar-refractivity contribution in [3.63, 3.8) is 0 Å². The van der Waals surface area contributed by atoms with Crippen LogP contribution in [0.3, 0.4) is 0 Å². The van der Waals surface area contributed by atoms with Crippen LogP contribution in [0.4, 0.5) is 0 Å². The van der Waals surface area contributed by atoms with Crippen LogP contribution in [0.25, 0.3) is 11.3 Å². The molecule has 150 valence electrons. The van der Waals surface area contributed by atoms with Crippen LogP contribution in [-0.2, 0) is 5.75 Å². The Balaban J connectivity index is 1.31. The maximum atomic E-state index is 12.4. The third-order valence-electron chi connectivity index (χ3n) is 5.18. The number of benzene rings is 1. The molecule has 4 rings (SSSR count). The van der Waals surface area contributed by atoms with Crippen LogP contribution in [0.1, 0.15) is 54.0 Å². The maximum absolute atomic E-state index is 12.4. The van der Waals surface area contributed by atoms with Gasteiger partial charge in [-0.15, -0.1) is 10.2 Å². The molecule has 2 aromatic heterocycles. The third kappa shape index (κ3) is 5.26. The lowest BCUT2D eigenvalue weighted by Gasteiger charge is -2.22. The molecule has 3 aromatic rings. The number of aromatic nitrogens is 2. The van der Waals surface area contributed by atoms with Gasteiger partial charge >= 0.3 is 0 Å². The van der Waals surface area contributed by atoms with Gasteiger partial charge in [-0.2, -0.15) is 0 Å². The molecule has 0 bridgehead atoms. The van der Waals surface area contributed by atoms with E-state index in [4.69, 9.17) is 4.42 Å². The van der Waals surface area contributed by atoms with Crippen molar-refractivity contribution in [1.29, 1.82) is 0 Å². The second-order valence-corrected chi connectivity index (χ2v) is 8.48. The molecule has 0 aliphatic heterocycles. The number of nitrogens with zero attached hydrogens (tertiary/aromatic N) is 2. The number of amides is 1. The zero-order chi connectivity index (χ0) is 20.1. The average molecular weight is 408 g/mol. The summed E-state index contributed by atoms with van der Waals surface area (Å²) >= 11 is 1.54. The molecule has 6 heteroatoms. The summed E-state index contributed by atoms with van der Waals surface area (Å²) in [7, 11) is 0. The summed E-state index contributed by atoms with van der Waals surface area (Å²) in [6.07, 6.45) is 5.77. The van der Waals surface area contributed by atoms with Crippen LogP contribution in [0.15, 0.2) is 58.0 Å². The molecule has 1 aromatic carbocycles. The molecular weight excluding hydrogens is 382 g/mol. The van der Waals surface area contributed by atoms with E-state index in [0.29, 0.717) is 11.5 Å². The zero-order valence-corrected chi connectivity index (χ0v) is 17.4. The molecule has 1 aliphatic carbocycles. The lowest BCUT2D eigenvalue weighted by atomic mass is 9.95. The number of aryl methyl sites for hydroxylation is 1. The lowest BCUT2D eigenvalue weighted by Crippen LogP contribution is -2.35. The van der Waals surface area contributed by atoms with Gasteiger partial charge in [0.05, 0.1) is 11.4 Å². The van der Waals surface area contributed by atoms with Crippen molar-refractivity contribution < 1.29 is 9.21 Å². The van der Waals surface area contributed by atoms with Crippen molar-refractivity contribution in [2.45, 2.75) is 55.8 Å². The molecule has 0 saturated heterocycles.